The molecule has 0 bridgehead atoms. The van der Waals surface area contributed by atoms with Gasteiger partial charge in [0.2, 0.25) is 11.8 Å². The average molecular weight is 460 g/mol. The number of benzene rings is 1. The van der Waals surface area contributed by atoms with Gasteiger partial charge in [-0.25, -0.2) is 4.98 Å². The smallest absolute Gasteiger partial charge is 0.222 e. The summed E-state index contributed by atoms with van der Waals surface area (Å²) < 4.78 is 12.3. The molecule has 0 unspecified atom stereocenters. The van der Waals surface area contributed by atoms with E-state index in [0.29, 0.717) is 17.8 Å². The molecule has 5 heterocycles. The zero-order chi connectivity index (χ0) is 22.9. The van der Waals surface area contributed by atoms with Gasteiger partial charge in [0.05, 0.1) is 5.69 Å². The van der Waals surface area contributed by atoms with Crippen LogP contribution in [0.5, 0.6) is 17.4 Å². The minimum atomic E-state index is 0.155. The maximum Gasteiger partial charge on any atom is 0.222 e. The normalized spacial score (nSPS) is 21.0. The van der Waals surface area contributed by atoms with E-state index < -0.39 is 0 Å². The van der Waals surface area contributed by atoms with Crippen molar-refractivity contribution in [2.24, 2.45) is 0 Å². The first-order chi connectivity index (χ1) is 16.7. The molecule has 0 aliphatic carbocycles. The monoisotopic (exact) mass is 459 g/mol. The number of aromatic amines is 1. The fraction of sp³-hybridized carbons (Fsp3) is 0.423. The topological polar surface area (TPSA) is 83.6 Å². The molecule has 0 radical (unpaired) electrons. The van der Waals surface area contributed by atoms with Crippen molar-refractivity contribution in [1.29, 1.82) is 0 Å². The van der Waals surface area contributed by atoms with Crippen LogP contribution < -0.4 is 9.47 Å². The van der Waals surface area contributed by atoms with Crippen LogP contribution >= 0.6 is 0 Å². The lowest BCUT2D eigenvalue weighted by Gasteiger charge is -2.37. The number of nitrogens with one attached hydrogen (secondary N) is 1. The zero-order valence-electron chi connectivity index (χ0n) is 19.2. The third kappa shape index (κ3) is 4.37. The number of hydrogen-bond acceptors (Lipinski definition) is 6. The fourth-order valence-electron chi connectivity index (χ4n) is 5.34. The third-order valence-corrected chi connectivity index (χ3v) is 7.12. The van der Waals surface area contributed by atoms with Crippen LogP contribution in [0.15, 0.2) is 48.8 Å². The minimum absolute atomic E-state index is 0.155. The average Bonchev–Trinajstić information content (AvgIpc) is 3.61. The number of ether oxygens (including phenoxy) is 2. The molecule has 1 aromatic carbocycles. The molecule has 34 heavy (non-hydrogen) atoms. The number of amides is 1. The highest BCUT2D eigenvalue weighted by atomic mass is 16.5. The van der Waals surface area contributed by atoms with Crippen molar-refractivity contribution >= 4 is 5.91 Å². The Bertz CT molecular complexity index is 1140. The summed E-state index contributed by atoms with van der Waals surface area (Å²) in [6.07, 6.45) is 8.43. The summed E-state index contributed by atoms with van der Waals surface area (Å²) >= 11 is 0. The summed E-state index contributed by atoms with van der Waals surface area (Å²) in [4.78, 5) is 21.0. The summed E-state index contributed by atoms with van der Waals surface area (Å²) in [5.74, 6) is 2.50. The third-order valence-electron chi connectivity index (χ3n) is 7.12. The number of carbonyl (C=O) groups is 1. The number of likely N-dealkylation sites (tertiary alicyclic amines) is 2. The van der Waals surface area contributed by atoms with E-state index in [9.17, 15) is 4.79 Å². The van der Waals surface area contributed by atoms with Crippen LogP contribution in [0.1, 0.15) is 31.2 Å². The number of hydrogen-bond donors (Lipinski definition) is 1. The number of pyridine rings is 1. The molecule has 1 atom stereocenters. The maximum absolute atomic E-state index is 12.0. The number of aromatic nitrogens is 3. The van der Waals surface area contributed by atoms with E-state index in [1.807, 2.05) is 30.3 Å². The van der Waals surface area contributed by atoms with Gasteiger partial charge in [-0.15, -0.1) is 0 Å². The molecule has 2 aromatic heterocycles. The van der Waals surface area contributed by atoms with Gasteiger partial charge >= 0.3 is 0 Å². The van der Waals surface area contributed by atoms with E-state index in [4.69, 9.17) is 9.47 Å². The summed E-state index contributed by atoms with van der Waals surface area (Å²) in [5.41, 5.74) is 3.10. The van der Waals surface area contributed by atoms with E-state index in [0.717, 1.165) is 81.0 Å². The number of piperidine rings is 1. The Morgan fingerprint density at radius 2 is 2.03 bits per heavy atom. The van der Waals surface area contributed by atoms with Crippen molar-refractivity contribution in [2.75, 3.05) is 26.2 Å². The SMILES string of the molecule is O=C1CCCN1C1CCN(C[C@H]2Cc3ccc(Oc4ccc(-c5ccn[nH]5)cn4)cc3O2)CC1. The molecule has 0 saturated carbocycles. The highest BCUT2D eigenvalue weighted by Gasteiger charge is 2.32. The molecule has 176 valence electrons. The van der Waals surface area contributed by atoms with Gasteiger partial charge in [0, 0.05) is 75.2 Å². The summed E-state index contributed by atoms with van der Waals surface area (Å²) in [6, 6.07) is 12.2. The number of rotatable bonds is 6. The van der Waals surface area contributed by atoms with Crippen LogP contribution in [0.2, 0.25) is 0 Å². The van der Waals surface area contributed by atoms with E-state index >= 15 is 0 Å². The van der Waals surface area contributed by atoms with Gasteiger partial charge in [0.25, 0.3) is 0 Å². The highest BCUT2D eigenvalue weighted by molar-refractivity contribution is 5.78. The highest BCUT2D eigenvalue weighted by Crippen LogP contribution is 2.34. The Balaban J connectivity index is 1.02. The summed E-state index contributed by atoms with van der Waals surface area (Å²) in [5, 5.41) is 6.91. The number of H-pyrrole nitrogens is 1. The van der Waals surface area contributed by atoms with Gasteiger partial charge in [0.1, 0.15) is 17.6 Å². The van der Waals surface area contributed by atoms with Crippen molar-refractivity contribution in [3.8, 4) is 28.6 Å². The number of fused-ring (bicyclic) bond motifs is 1. The first kappa shape index (κ1) is 21.2. The molecule has 0 spiro atoms. The Kier molecular flexibility index (Phi) is 5.66. The molecule has 3 aromatic rings. The van der Waals surface area contributed by atoms with Crippen molar-refractivity contribution in [2.45, 2.75) is 44.2 Å². The Morgan fingerprint density at radius 1 is 1.12 bits per heavy atom. The van der Waals surface area contributed by atoms with Crippen LogP contribution in [0.25, 0.3) is 11.3 Å². The van der Waals surface area contributed by atoms with Crippen molar-refractivity contribution < 1.29 is 14.3 Å². The largest absolute Gasteiger partial charge is 0.488 e. The van der Waals surface area contributed by atoms with Gasteiger partial charge in [0.15, 0.2) is 0 Å². The molecular weight excluding hydrogens is 430 g/mol. The van der Waals surface area contributed by atoms with E-state index in [2.05, 4.69) is 31.0 Å². The van der Waals surface area contributed by atoms with Gasteiger partial charge in [-0.2, -0.15) is 5.10 Å². The lowest BCUT2D eigenvalue weighted by molar-refractivity contribution is -0.130. The van der Waals surface area contributed by atoms with Crippen molar-refractivity contribution in [3.63, 3.8) is 0 Å². The van der Waals surface area contributed by atoms with Gasteiger partial charge in [-0.3, -0.25) is 14.8 Å². The zero-order valence-corrected chi connectivity index (χ0v) is 19.2. The van der Waals surface area contributed by atoms with Gasteiger partial charge < -0.3 is 14.4 Å². The second kappa shape index (κ2) is 9.10. The van der Waals surface area contributed by atoms with Crippen LogP contribution in [0.3, 0.4) is 0 Å². The van der Waals surface area contributed by atoms with Crippen molar-refractivity contribution in [1.82, 2.24) is 25.0 Å². The second-order valence-electron chi connectivity index (χ2n) is 9.39. The van der Waals surface area contributed by atoms with Gasteiger partial charge in [-0.05, 0) is 43.0 Å². The van der Waals surface area contributed by atoms with Crippen LogP contribution in [-0.4, -0.2) is 69.2 Å². The molecule has 2 saturated heterocycles. The fourth-order valence-corrected chi connectivity index (χ4v) is 5.34. The molecule has 1 N–H and O–H groups in total. The predicted molar refractivity (Wildman–Crippen MR) is 127 cm³/mol. The Hall–Kier alpha value is -3.39. The van der Waals surface area contributed by atoms with Crippen LogP contribution in [0.4, 0.5) is 0 Å². The van der Waals surface area contributed by atoms with Crippen LogP contribution in [0, 0.1) is 0 Å². The molecule has 1 amide bonds. The molecule has 6 rings (SSSR count). The molecule has 3 aliphatic rings. The minimum Gasteiger partial charge on any atom is -0.488 e. The maximum atomic E-state index is 12.0. The molecule has 3 aliphatic heterocycles. The Morgan fingerprint density at radius 3 is 2.76 bits per heavy atom. The van der Waals surface area contributed by atoms with Gasteiger partial charge in [-0.1, -0.05) is 6.07 Å². The summed E-state index contributed by atoms with van der Waals surface area (Å²) in [6.45, 7) is 3.92. The van der Waals surface area contributed by atoms with E-state index in [-0.39, 0.29) is 6.10 Å². The Labute approximate surface area is 198 Å². The second-order valence-corrected chi connectivity index (χ2v) is 9.39. The number of carbonyl (C=O) groups excluding carboxylic acids is 1. The lowest BCUT2D eigenvalue weighted by atomic mass is 10.0. The van der Waals surface area contributed by atoms with Crippen molar-refractivity contribution in [3.05, 3.63) is 54.4 Å². The first-order valence-electron chi connectivity index (χ1n) is 12.2. The predicted octanol–water partition coefficient (Wildman–Crippen LogP) is 3.65. The summed E-state index contributed by atoms with van der Waals surface area (Å²) in [7, 11) is 0. The molecule has 8 nitrogen and oxygen atoms in total. The first-order valence-corrected chi connectivity index (χ1v) is 12.2. The quantitative estimate of drug-likeness (QED) is 0.606. The standard InChI is InChI=1S/C26H29N5O3/c32-26-2-1-11-31(26)20-8-12-30(13-9-20)17-22-14-18-3-5-21(15-24(18)33-22)34-25-6-4-19(16-27-25)23-7-10-28-29-23/h3-7,10,15-16,20,22H,1-2,8-9,11-14,17H2,(H,28,29)/t22-/m1/s1. The molecule has 2 fully saturated rings. The lowest BCUT2D eigenvalue weighted by Crippen LogP contribution is -2.47. The van der Waals surface area contributed by atoms with Crippen LogP contribution in [-0.2, 0) is 11.2 Å². The number of nitrogens with zero attached hydrogens (tertiary/aromatic N) is 4. The van der Waals surface area contributed by atoms with E-state index in [1.165, 1.54) is 5.56 Å². The molecular formula is C26H29N5O3. The van der Waals surface area contributed by atoms with E-state index in [1.54, 1.807) is 12.4 Å². The molecule has 8 heteroatoms.